The molecular weight excluding hydrogens is 224 g/mol. The number of hydrogen-bond acceptors (Lipinski definition) is 3. The van der Waals surface area contributed by atoms with Gasteiger partial charge in [-0.15, -0.1) is 0 Å². The molecule has 0 aromatic carbocycles. The summed E-state index contributed by atoms with van der Waals surface area (Å²) in [7, 11) is 0. The number of H-pyrrole nitrogens is 1. The Labute approximate surface area is 100 Å². The zero-order chi connectivity index (χ0) is 11.6. The highest BCUT2D eigenvalue weighted by atomic mass is 32.1. The van der Waals surface area contributed by atoms with E-state index in [1.165, 1.54) is 0 Å². The molecule has 2 N–H and O–H groups in total. The Morgan fingerprint density at radius 2 is 2.25 bits per heavy atom. The molecular formula is C11H18N2O2S. The molecule has 0 spiro atoms. The van der Waals surface area contributed by atoms with Crippen molar-refractivity contribution in [1.29, 1.82) is 0 Å². The molecule has 1 saturated heterocycles. The summed E-state index contributed by atoms with van der Waals surface area (Å²) in [5.74, 6) is 0. The van der Waals surface area contributed by atoms with Gasteiger partial charge < -0.3 is 19.4 Å². The maximum atomic E-state index is 9.23. The van der Waals surface area contributed by atoms with E-state index in [1.54, 1.807) is 6.20 Å². The van der Waals surface area contributed by atoms with E-state index in [2.05, 4.69) is 11.9 Å². The van der Waals surface area contributed by atoms with Crippen LogP contribution in [-0.4, -0.2) is 27.9 Å². The van der Waals surface area contributed by atoms with E-state index in [4.69, 9.17) is 17.0 Å². The summed E-state index contributed by atoms with van der Waals surface area (Å²) in [6.07, 6.45) is 3.88. The average Bonchev–Trinajstić information content (AvgIpc) is 2.61. The first-order chi connectivity index (χ1) is 7.64. The number of ether oxygens (including phenoxy) is 1. The fourth-order valence-electron chi connectivity index (χ4n) is 2.14. The Balaban J connectivity index is 2.18. The van der Waals surface area contributed by atoms with Gasteiger partial charge in [-0.05, 0) is 30.5 Å². The summed E-state index contributed by atoms with van der Waals surface area (Å²) >= 11 is 5.22. The Morgan fingerprint density at radius 1 is 1.56 bits per heavy atom. The molecule has 16 heavy (non-hydrogen) atoms. The molecule has 0 atom stereocenters. The Kier molecular flexibility index (Phi) is 3.47. The van der Waals surface area contributed by atoms with Gasteiger partial charge in [0.05, 0.1) is 12.3 Å². The number of hydrogen-bond donors (Lipinski definition) is 2. The summed E-state index contributed by atoms with van der Waals surface area (Å²) in [5.41, 5.74) is 1.08. The molecule has 2 heterocycles. The van der Waals surface area contributed by atoms with Crippen LogP contribution in [0.5, 0.6) is 0 Å². The quantitative estimate of drug-likeness (QED) is 0.795. The van der Waals surface area contributed by atoms with Crippen LogP contribution in [-0.2, 0) is 17.9 Å². The van der Waals surface area contributed by atoms with Crippen molar-refractivity contribution in [3.8, 4) is 0 Å². The highest BCUT2D eigenvalue weighted by Crippen LogP contribution is 2.32. The minimum Gasteiger partial charge on any atom is -0.390 e. The minimum atomic E-state index is 0.0275. The number of aromatic nitrogens is 2. The Morgan fingerprint density at radius 3 is 2.88 bits per heavy atom. The third-order valence-electron chi connectivity index (χ3n) is 3.36. The maximum Gasteiger partial charge on any atom is 0.177 e. The largest absolute Gasteiger partial charge is 0.390 e. The van der Waals surface area contributed by atoms with Crippen LogP contribution in [0.4, 0.5) is 0 Å². The van der Waals surface area contributed by atoms with Crippen LogP contribution in [0.3, 0.4) is 0 Å². The molecule has 2 rings (SSSR count). The molecule has 0 radical (unpaired) electrons. The Hall–Kier alpha value is -0.650. The van der Waals surface area contributed by atoms with Gasteiger partial charge in [0.1, 0.15) is 0 Å². The molecule has 1 aromatic rings. The number of nitrogens with one attached hydrogen (secondary N) is 1. The van der Waals surface area contributed by atoms with Gasteiger partial charge in [-0.2, -0.15) is 0 Å². The molecule has 5 heteroatoms. The molecule has 0 saturated carbocycles. The number of aromatic amines is 1. The van der Waals surface area contributed by atoms with Crippen molar-refractivity contribution < 1.29 is 9.84 Å². The first-order valence-electron chi connectivity index (χ1n) is 5.60. The highest BCUT2D eigenvalue weighted by molar-refractivity contribution is 7.71. The van der Waals surface area contributed by atoms with E-state index >= 15 is 0 Å². The molecule has 90 valence electrons. The highest BCUT2D eigenvalue weighted by Gasteiger charge is 2.28. The normalized spacial score (nSPS) is 19.9. The van der Waals surface area contributed by atoms with Crippen molar-refractivity contribution in [3.05, 3.63) is 16.7 Å². The lowest BCUT2D eigenvalue weighted by Crippen LogP contribution is -2.31. The summed E-state index contributed by atoms with van der Waals surface area (Å²) in [6, 6.07) is 0. The van der Waals surface area contributed by atoms with Gasteiger partial charge in [-0.1, -0.05) is 6.92 Å². The summed E-state index contributed by atoms with van der Waals surface area (Å²) in [6.45, 7) is 4.78. The lowest BCUT2D eigenvalue weighted by molar-refractivity contribution is 0.0146. The van der Waals surface area contributed by atoms with Crippen LogP contribution in [0.1, 0.15) is 25.5 Å². The number of imidazole rings is 1. The summed E-state index contributed by atoms with van der Waals surface area (Å²) in [4.78, 5) is 2.98. The van der Waals surface area contributed by atoms with Crippen molar-refractivity contribution in [2.75, 3.05) is 13.2 Å². The predicted molar refractivity (Wildman–Crippen MR) is 63.7 cm³/mol. The molecule has 4 nitrogen and oxygen atoms in total. The standard InChI is InChI=1S/C11H18N2O2S/c1-11(2-4-15-5-3-11)8-13-9(7-14)6-12-10(13)16/h6,14H,2-5,7-8H2,1H3,(H,12,16). The van der Waals surface area contributed by atoms with E-state index in [0.717, 1.165) is 38.3 Å². The molecule has 0 amide bonds. The van der Waals surface area contributed by atoms with Crippen LogP contribution < -0.4 is 0 Å². The SMILES string of the molecule is CC1(Cn2c(CO)c[nH]c2=S)CCOCC1. The molecule has 0 bridgehead atoms. The van der Waals surface area contributed by atoms with Crippen molar-refractivity contribution in [1.82, 2.24) is 9.55 Å². The van der Waals surface area contributed by atoms with Crippen LogP contribution in [0, 0.1) is 10.2 Å². The van der Waals surface area contributed by atoms with E-state index in [-0.39, 0.29) is 12.0 Å². The van der Waals surface area contributed by atoms with E-state index < -0.39 is 0 Å². The Bertz CT molecular complexity index is 404. The van der Waals surface area contributed by atoms with E-state index in [0.29, 0.717) is 4.77 Å². The average molecular weight is 242 g/mol. The van der Waals surface area contributed by atoms with Crippen LogP contribution in [0.15, 0.2) is 6.20 Å². The van der Waals surface area contributed by atoms with Crippen LogP contribution in [0.25, 0.3) is 0 Å². The predicted octanol–water partition coefficient (Wildman–Crippen LogP) is 1.85. The summed E-state index contributed by atoms with van der Waals surface area (Å²) < 4.78 is 8.07. The molecule has 0 aliphatic carbocycles. The third-order valence-corrected chi connectivity index (χ3v) is 3.69. The van der Waals surface area contributed by atoms with E-state index in [9.17, 15) is 5.11 Å². The number of aliphatic hydroxyl groups is 1. The topological polar surface area (TPSA) is 50.2 Å². The second-order valence-electron chi connectivity index (χ2n) is 4.75. The monoisotopic (exact) mass is 242 g/mol. The summed E-state index contributed by atoms with van der Waals surface area (Å²) in [5, 5.41) is 9.23. The number of rotatable bonds is 3. The zero-order valence-electron chi connectivity index (χ0n) is 9.53. The van der Waals surface area contributed by atoms with E-state index in [1.807, 2.05) is 4.57 Å². The zero-order valence-corrected chi connectivity index (χ0v) is 10.3. The number of aliphatic hydroxyl groups excluding tert-OH is 1. The molecule has 1 fully saturated rings. The molecule has 1 aliphatic rings. The van der Waals surface area contributed by atoms with Gasteiger partial charge in [0.15, 0.2) is 4.77 Å². The molecule has 0 unspecified atom stereocenters. The fraction of sp³-hybridized carbons (Fsp3) is 0.727. The van der Waals surface area contributed by atoms with Crippen LogP contribution >= 0.6 is 12.2 Å². The van der Waals surface area contributed by atoms with Crippen molar-refractivity contribution in [2.45, 2.75) is 32.9 Å². The second-order valence-corrected chi connectivity index (χ2v) is 5.14. The van der Waals surface area contributed by atoms with Crippen molar-refractivity contribution in [2.24, 2.45) is 5.41 Å². The second kappa shape index (κ2) is 4.69. The first-order valence-corrected chi connectivity index (χ1v) is 6.01. The van der Waals surface area contributed by atoms with Gasteiger partial charge in [0, 0.05) is 26.0 Å². The van der Waals surface area contributed by atoms with Gasteiger partial charge in [0.2, 0.25) is 0 Å². The first kappa shape index (κ1) is 11.8. The van der Waals surface area contributed by atoms with Gasteiger partial charge in [-0.3, -0.25) is 0 Å². The maximum absolute atomic E-state index is 9.23. The molecule has 1 aromatic heterocycles. The van der Waals surface area contributed by atoms with Gasteiger partial charge in [0.25, 0.3) is 0 Å². The fourth-order valence-corrected chi connectivity index (χ4v) is 2.38. The number of nitrogens with zero attached hydrogens (tertiary/aromatic N) is 1. The van der Waals surface area contributed by atoms with Crippen LogP contribution in [0.2, 0.25) is 0 Å². The lowest BCUT2D eigenvalue weighted by Gasteiger charge is -2.34. The van der Waals surface area contributed by atoms with Crippen molar-refractivity contribution in [3.63, 3.8) is 0 Å². The lowest BCUT2D eigenvalue weighted by atomic mass is 9.82. The smallest absolute Gasteiger partial charge is 0.177 e. The van der Waals surface area contributed by atoms with Crippen molar-refractivity contribution >= 4 is 12.2 Å². The third kappa shape index (κ3) is 2.36. The van der Waals surface area contributed by atoms with Gasteiger partial charge >= 0.3 is 0 Å². The molecule has 1 aliphatic heterocycles. The minimum absolute atomic E-state index is 0.0275. The van der Waals surface area contributed by atoms with Gasteiger partial charge in [-0.25, -0.2) is 0 Å².